The van der Waals surface area contributed by atoms with E-state index in [0.29, 0.717) is 10.7 Å². The fourth-order valence-electron chi connectivity index (χ4n) is 2.51. The molecule has 1 unspecified atom stereocenters. The molecule has 0 saturated heterocycles. The zero-order valence-electron chi connectivity index (χ0n) is 17.6. The summed E-state index contributed by atoms with van der Waals surface area (Å²) in [6.45, 7) is 1.49. The van der Waals surface area contributed by atoms with Crippen LogP contribution in [-0.2, 0) is 9.53 Å². The Morgan fingerprint density at radius 2 is 1.50 bits per heavy atom. The Hall–Kier alpha value is -0.340. The number of nitrogens with one attached hydrogen (secondary N) is 1. The summed E-state index contributed by atoms with van der Waals surface area (Å²) in [5.74, 6) is -3.00. The van der Waals surface area contributed by atoms with Crippen LogP contribution in [0.4, 0.5) is 5.69 Å². The first-order valence-electron chi connectivity index (χ1n) is 9.39. The van der Waals surface area contributed by atoms with Crippen molar-refractivity contribution in [2.75, 3.05) is 38.7 Å². The number of carbonyl (C=O) groups excluding carboxylic acids is 3. The Morgan fingerprint density at radius 1 is 0.969 bits per heavy atom. The number of carbonyl (C=O) groups is 3. The molecule has 0 saturated carbocycles. The highest BCUT2D eigenvalue weighted by Crippen LogP contribution is 2.37. The van der Waals surface area contributed by atoms with Crippen LogP contribution in [0.1, 0.15) is 34.6 Å². The van der Waals surface area contributed by atoms with E-state index < -0.39 is 55.7 Å². The fourth-order valence-corrected chi connectivity index (χ4v) is 6.85. The first-order valence-corrected chi connectivity index (χ1v) is 12.6. The van der Waals surface area contributed by atoms with Crippen molar-refractivity contribution in [3.05, 3.63) is 21.8 Å². The Bertz CT molecular complexity index is 862. The van der Waals surface area contributed by atoms with Gasteiger partial charge in [0.2, 0.25) is 5.91 Å². The van der Waals surface area contributed by atoms with Crippen molar-refractivity contribution < 1.29 is 39.5 Å². The molecule has 0 radical (unpaired) electrons. The van der Waals surface area contributed by atoms with Gasteiger partial charge in [-0.05, 0) is 81.6 Å². The van der Waals surface area contributed by atoms with Crippen molar-refractivity contribution in [2.45, 2.75) is 26.1 Å². The minimum Gasteiger partial charge on any atom is -0.459 e. The maximum atomic E-state index is 13.2. The molecule has 32 heavy (non-hydrogen) atoms. The molecule has 2 amide bonds. The number of ether oxygens (including phenoxy) is 1. The summed E-state index contributed by atoms with van der Waals surface area (Å²) >= 11 is 5.60. The van der Waals surface area contributed by atoms with Gasteiger partial charge in [0.15, 0.2) is 0 Å². The Balaban J connectivity index is 3.69. The number of aliphatic hydroxyl groups is 4. The fraction of sp³-hybridized carbons (Fsp3) is 0.526. The first-order chi connectivity index (χ1) is 14.9. The monoisotopic (exact) mass is 790 g/mol. The summed E-state index contributed by atoms with van der Waals surface area (Å²) in [4.78, 5) is 39.7. The van der Waals surface area contributed by atoms with Crippen LogP contribution in [0.15, 0.2) is 0 Å². The smallest absolute Gasteiger partial charge is 0.340 e. The van der Waals surface area contributed by atoms with E-state index in [0.717, 1.165) is 0 Å². The third-order valence-corrected chi connectivity index (χ3v) is 7.42. The number of rotatable bonds is 10. The lowest BCUT2D eigenvalue weighted by atomic mass is 10.1. The Kier molecular flexibility index (Phi) is 12.5. The molecule has 1 aromatic carbocycles. The van der Waals surface area contributed by atoms with Crippen LogP contribution in [0.5, 0.6) is 0 Å². The maximum absolute atomic E-state index is 13.2. The SMILES string of the molecule is CC(C)OC(=O)c1c(I)c(NC(=O)C(CO)CO)c(I)c(C(=O)N(C)CC(O)CO)c1I. The average molecular weight is 790 g/mol. The van der Waals surface area contributed by atoms with Gasteiger partial charge in [-0.25, -0.2) is 4.79 Å². The zero-order chi connectivity index (χ0) is 24.7. The van der Waals surface area contributed by atoms with E-state index in [1.54, 1.807) is 13.8 Å². The van der Waals surface area contributed by atoms with Gasteiger partial charge in [0.25, 0.3) is 5.91 Å². The largest absolute Gasteiger partial charge is 0.459 e. The van der Waals surface area contributed by atoms with Crippen LogP contribution < -0.4 is 5.32 Å². The van der Waals surface area contributed by atoms with Crippen LogP contribution in [0.25, 0.3) is 0 Å². The number of likely N-dealkylation sites (N-methyl/N-ethyl adjacent to an activating group) is 1. The van der Waals surface area contributed by atoms with E-state index in [4.69, 9.17) is 9.84 Å². The van der Waals surface area contributed by atoms with E-state index in [2.05, 4.69) is 5.32 Å². The number of aliphatic hydroxyl groups excluding tert-OH is 4. The van der Waals surface area contributed by atoms with Crippen LogP contribution in [0.2, 0.25) is 0 Å². The third-order valence-electron chi connectivity index (χ3n) is 4.18. The molecule has 1 atom stereocenters. The molecule has 13 heteroatoms. The molecular formula is C19H25I3N2O8. The van der Waals surface area contributed by atoms with Gasteiger partial charge in [0, 0.05) is 17.2 Å². The van der Waals surface area contributed by atoms with Gasteiger partial charge in [-0.1, -0.05) is 0 Å². The van der Waals surface area contributed by atoms with E-state index in [9.17, 15) is 29.7 Å². The van der Waals surface area contributed by atoms with Crippen molar-refractivity contribution in [3.63, 3.8) is 0 Å². The summed E-state index contributed by atoms with van der Waals surface area (Å²) in [7, 11) is 1.43. The van der Waals surface area contributed by atoms with Gasteiger partial charge >= 0.3 is 5.97 Å². The number of anilines is 1. The summed E-state index contributed by atoms with van der Waals surface area (Å²) in [6.07, 6.45) is -1.58. The molecular weight excluding hydrogens is 765 g/mol. The summed E-state index contributed by atoms with van der Waals surface area (Å²) in [5, 5.41) is 40.0. The molecule has 180 valence electrons. The van der Waals surface area contributed by atoms with Gasteiger partial charge in [-0.3, -0.25) is 9.59 Å². The second-order valence-electron chi connectivity index (χ2n) is 7.09. The van der Waals surface area contributed by atoms with Crippen LogP contribution >= 0.6 is 67.8 Å². The predicted molar refractivity (Wildman–Crippen MR) is 141 cm³/mol. The zero-order valence-corrected chi connectivity index (χ0v) is 24.0. The normalized spacial score (nSPS) is 12.1. The molecule has 10 nitrogen and oxygen atoms in total. The highest BCUT2D eigenvalue weighted by Gasteiger charge is 2.32. The first kappa shape index (κ1) is 29.7. The van der Waals surface area contributed by atoms with E-state index in [1.165, 1.54) is 11.9 Å². The molecule has 0 aliphatic heterocycles. The lowest BCUT2D eigenvalue weighted by molar-refractivity contribution is -0.122. The number of halogens is 3. The number of esters is 1. The molecule has 0 aliphatic carbocycles. The van der Waals surface area contributed by atoms with Crippen molar-refractivity contribution in [3.8, 4) is 0 Å². The van der Waals surface area contributed by atoms with Gasteiger partial charge in [0.1, 0.15) is 0 Å². The highest BCUT2D eigenvalue weighted by atomic mass is 127. The highest BCUT2D eigenvalue weighted by molar-refractivity contribution is 14.1. The molecule has 0 spiro atoms. The number of amides is 2. The van der Waals surface area contributed by atoms with Crippen LogP contribution in [0.3, 0.4) is 0 Å². The average Bonchev–Trinajstić information content (AvgIpc) is 2.71. The summed E-state index contributed by atoms with van der Waals surface area (Å²) < 4.78 is 6.29. The quantitative estimate of drug-likeness (QED) is 0.174. The summed E-state index contributed by atoms with van der Waals surface area (Å²) in [6, 6.07) is 0. The number of benzene rings is 1. The summed E-state index contributed by atoms with van der Waals surface area (Å²) in [5.41, 5.74) is 0.355. The molecule has 5 N–H and O–H groups in total. The maximum Gasteiger partial charge on any atom is 0.340 e. The predicted octanol–water partition coefficient (Wildman–Crippen LogP) is 1.03. The van der Waals surface area contributed by atoms with E-state index >= 15 is 0 Å². The lowest BCUT2D eigenvalue weighted by Gasteiger charge is -2.24. The van der Waals surface area contributed by atoms with E-state index in [-0.39, 0.29) is 23.4 Å². The lowest BCUT2D eigenvalue weighted by Crippen LogP contribution is -2.37. The van der Waals surface area contributed by atoms with Crippen molar-refractivity contribution in [2.24, 2.45) is 5.92 Å². The van der Waals surface area contributed by atoms with Gasteiger partial charge in [-0.15, -0.1) is 0 Å². The van der Waals surface area contributed by atoms with Gasteiger partial charge in [-0.2, -0.15) is 0 Å². The van der Waals surface area contributed by atoms with Gasteiger partial charge < -0.3 is 35.4 Å². The van der Waals surface area contributed by atoms with Crippen LogP contribution in [0, 0.1) is 16.6 Å². The topological polar surface area (TPSA) is 157 Å². The van der Waals surface area contributed by atoms with E-state index in [1.807, 2.05) is 67.8 Å². The molecule has 0 fully saturated rings. The molecule has 1 aromatic rings. The second-order valence-corrected chi connectivity index (χ2v) is 10.3. The molecule has 0 heterocycles. The minimum atomic E-state index is -1.15. The van der Waals surface area contributed by atoms with Crippen molar-refractivity contribution in [1.82, 2.24) is 4.90 Å². The van der Waals surface area contributed by atoms with Crippen molar-refractivity contribution >= 4 is 91.2 Å². The molecule has 0 bridgehead atoms. The second kappa shape index (κ2) is 13.5. The number of hydrogen-bond donors (Lipinski definition) is 5. The third kappa shape index (κ3) is 7.33. The van der Waals surface area contributed by atoms with Gasteiger partial charge in [0.05, 0.1) is 61.9 Å². The van der Waals surface area contributed by atoms with Crippen LogP contribution in [-0.4, -0.2) is 88.7 Å². The minimum absolute atomic E-state index is 0.0830. The Labute approximate surface area is 226 Å². The number of nitrogens with zero attached hydrogens (tertiary/aromatic N) is 1. The number of hydrogen-bond acceptors (Lipinski definition) is 8. The standard InChI is InChI=1S/C19H25I3N2O8/c1-8(2)32-19(31)12-13(20)11(18(30)24(3)4-10(28)7-27)14(21)16(15(12)22)23-17(29)9(5-25)6-26/h8-10,25-28H,4-7H2,1-3H3,(H,23,29). The molecule has 1 rings (SSSR count). The Morgan fingerprint density at radius 3 is 1.97 bits per heavy atom. The molecule has 0 aromatic heterocycles. The van der Waals surface area contributed by atoms with Crippen molar-refractivity contribution in [1.29, 1.82) is 0 Å². The molecule has 0 aliphatic rings.